The van der Waals surface area contributed by atoms with Gasteiger partial charge in [0.05, 0.1) is 18.5 Å². The van der Waals surface area contributed by atoms with Gasteiger partial charge in [0.1, 0.15) is 17.9 Å². The number of rotatable bonds is 3. The van der Waals surface area contributed by atoms with Crippen molar-refractivity contribution in [1.29, 1.82) is 0 Å². The molecule has 148 valence electrons. The molecule has 0 radical (unpaired) electrons. The molecule has 2 aromatic rings. The first-order chi connectivity index (χ1) is 12.4. The van der Waals surface area contributed by atoms with Crippen molar-refractivity contribution in [3.05, 3.63) is 41.9 Å². The molecule has 0 amide bonds. The number of aromatic nitrogens is 2. The highest BCUT2D eigenvalue weighted by Gasteiger charge is 2.24. The Labute approximate surface area is 173 Å². The van der Waals surface area contributed by atoms with Crippen molar-refractivity contribution in [1.82, 2.24) is 15.3 Å². The van der Waals surface area contributed by atoms with Gasteiger partial charge in [0, 0.05) is 44.7 Å². The fourth-order valence-electron chi connectivity index (χ4n) is 3.78. The van der Waals surface area contributed by atoms with E-state index in [9.17, 15) is 0 Å². The van der Waals surface area contributed by atoms with Crippen LogP contribution in [0.1, 0.15) is 11.3 Å². The molecule has 0 saturated carbocycles. The first kappa shape index (κ1) is 21.5. The van der Waals surface area contributed by atoms with Gasteiger partial charge in [-0.15, -0.1) is 24.8 Å². The van der Waals surface area contributed by atoms with E-state index >= 15 is 0 Å². The maximum absolute atomic E-state index is 5.52. The lowest BCUT2D eigenvalue weighted by Crippen LogP contribution is -2.47. The van der Waals surface area contributed by atoms with Crippen molar-refractivity contribution in [2.24, 2.45) is 0 Å². The van der Waals surface area contributed by atoms with Crippen LogP contribution in [-0.2, 0) is 12.8 Å². The zero-order valence-electron chi connectivity index (χ0n) is 15.6. The number of anilines is 2. The van der Waals surface area contributed by atoms with Crippen LogP contribution in [0.15, 0.2) is 30.6 Å². The predicted molar refractivity (Wildman–Crippen MR) is 114 cm³/mol. The molecule has 0 aliphatic carbocycles. The van der Waals surface area contributed by atoms with E-state index in [0.29, 0.717) is 0 Å². The molecule has 1 N–H and O–H groups in total. The Kier molecular flexibility index (Phi) is 7.95. The van der Waals surface area contributed by atoms with E-state index in [-0.39, 0.29) is 24.8 Å². The van der Waals surface area contributed by atoms with Crippen molar-refractivity contribution < 1.29 is 4.74 Å². The van der Waals surface area contributed by atoms with Crippen LogP contribution in [0.2, 0.25) is 0 Å². The van der Waals surface area contributed by atoms with E-state index < -0.39 is 0 Å². The lowest BCUT2D eigenvalue weighted by Gasteiger charge is -2.38. The van der Waals surface area contributed by atoms with Gasteiger partial charge in [0.15, 0.2) is 0 Å². The number of halogens is 2. The van der Waals surface area contributed by atoms with E-state index in [1.54, 1.807) is 13.4 Å². The molecule has 0 spiro atoms. The van der Waals surface area contributed by atoms with E-state index in [4.69, 9.17) is 4.74 Å². The van der Waals surface area contributed by atoms with Gasteiger partial charge >= 0.3 is 0 Å². The molecule has 8 heteroatoms. The number of piperazine rings is 1. The normalized spacial score (nSPS) is 16.5. The molecule has 0 atom stereocenters. The Bertz CT molecular complexity index is 738. The largest absolute Gasteiger partial charge is 0.495 e. The smallest absolute Gasteiger partial charge is 0.142 e. The maximum Gasteiger partial charge on any atom is 0.142 e. The lowest BCUT2D eigenvalue weighted by atomic mass is 10.1. The number of nitrogens with one attached hydrogen (secondary N) is 1. The van der Waals surface area contributed by atoms with Crippen molar-refractivity contribution in [3.8, 4) is 5.75 Å². The molecule has 2 aliphatic rings. The number of hydrogen-bond acceptors (Lipinski definition) is 6. The highest BCUT2D eigenvalue weighted by atomic mass is 35.5. The molecule has 4 rings (SSSR count). The zero-order chi connectivity index (χ0) is 17.1. The number of benzene rings is 1. The molecule has 1 fully saturated rings. The third-order valence-corrected chi connectivity index (χ3v) is 5.11. The van der Waals surface area contributed by atoms with Gasteiger partial charge < -0.3 is 19.9 Å². The number of nitrogens with zero attached hydrogens (tertiary/aromatic N) is 4. The van der Waals surface area contributed by atoms with Crippen LogP contribution >= 0.6 is 24.8 Å². The van der Waals surface area contributed by atoms with Gasteiger partial charge in [-0.3, -0.25) is 0 Å². The molecule has 1 aromatic heterocycles. The molecule has 27 heavy (non-hydrogen) atoms. The third kappa shape index (κ3) is 4.57. The predicted octanol–water partition coefficient (Wildman–Crippen LogP) is 2.34. The molecule has 0 unspecified atom stereocenters. The molecular weight excluding hydrogens is 385 g/mol. The second-order valence-electron chi connectivity index (χ2n) is 6.52. The summed E-state index contributed by atoms with van der Waals surface area (Å²) in [5.74, 6) is 2.08. The molecule has 6 nitrogen and oxygen atoms in total. The Balaban J connectivity index is 0.00000131. The van der Waals surface area contributed by atoms with Crippen LogP contribution in [0.4, 0.5) is 11.5 Å². The van der Waals surface area contributed by atoms with Gasteiger partial charge in [-0.2, -0.15) is 0 Å². The third-order valence-electron chi connectivity index (χ3n) is 5.11. The highest BCUT2D eigenvalue weighted by molar-refractivity contribution is 5.85. The minimum Gasteiger partial charge on any atom is -0.495 e. The number of hydrogen-bond donors (Lipinski definition) is 1. The summed E-state index contributed by atoms with van der Waals surface area (Å²) < 4.78 is 5.52. The van der Waals surface area contributed by atoms with Crippen LogP contribution < -0.4 is 19.9 Å². The van der Waals surface area contributed by atoms with Gasteiger partial charge in [-0.1, -0.05) is 12.1 Å². The van der Waals surface area contributed by atoms with Gasteiger partial charge in [0.2, 0.25) is 0 Å². The van der Waals surface area contributed by atoms with Crippen LogP contribution in [0, 0.1) is 0 Å². The van der Waals surface area contributed by atoms with Crippen LogP contribution in [0.3, 0.4) is 0 Å². The van der Waals surface area contributed by atoms with E-state index in [2.05, 4.69) is 37.2 Å². The van der Waals surface area contributed by atoms with E-state index in [1.165, 1.54) is 16.9 Å². The highest BCUT2D eigenvalue weighted by Crippen LogP contribution is 2.30. The Hall–Kier alpha value is -1.76. The molecule has 3 heterocycles. The molecular formula is C19H27Cl2N5O. The quantitative estimate of drug-likeness (QED) is 0.836. The van der Waals surface area contributed by atoms with E-state index in [1.807, 2.05) is 12.1 Å². The first-order valence-corrected chi connectivity index (χ1v) is 9.03. The number of para-hydroxylation sites is 2. The van der Waals surface area contributed by atoms with Crippen LogP contribution in [0.25, 0.3) is 0 Å². The Morgan fingerprint density at radius 1 is 0.926 bits per heavy atom. The minimum atomic E-state index is 0. The summed E-state index contributed by atoms with van der Waals surface area (Å²) in [5, 5.41) is 3.46. The van der Waals surface area contributed by atoms with E-state index in [0.717, 1.165) is 63.7 Å². The molecule has 0 bridgehead atoms. The summed E-state index contributed by atoms with van der Waals surface area (Å²) >= 11 is 0. The van der Waals surface area contributed by atoms with Crippen molar-refractivity contribution in [3.63, 3.8) is 0 Å². The number of methoxy groups -OCH3 is 1. The van der Waals surface area contributed by atoms with Crippen LogP contribution in [0.5, 0.6) is 5.75 Å². The number of fused-ring (bicyclic) bond motifs is 1. The molecule has 1 aromatic carbocycles. The summed E-state index contributed by atoms with van der Waals surface area (Å²) in [7, 11) is 1.74. The first-order valence-electron chi connectivity index (χ1n) is 9.03. The van der Waals surface area contributed by atoms with Crippen molar-refractivity contribution in [2.45, 2.75) is 12.8 Å². The topological polar surface area (TPSA) is 53.5 Å². The second kappa shape index (κ2) is 9.97. The zero-order valence-corrected chi connectivity index (χ0v) is 17.2. The summed E-state index contributed by atoms with van der Waals surface area (Å²) in [4.78, 5) is 14.0. The summed E-state index contributed by atoms with van der Waals surface area (Å²) in [6, 6.07) is 8.25. The van der Waals surface area contributed by atoms with Gasteiger partial charge in [-0.05, 0) is 25.1 Å². The fraction of sp³-hybridized carbons (Fsp3) is 0.474. The van der Waals surface area contributed by atoms with Crippen molar-refractivity contribution >= 4 is 36.3 Å². The molecule has 1 saturated heterocycles. The van der Waals surface area contributed by atoms with Gasteiger partial charge in [-0.25, -0.2) is 9.97 Å². The molecule has 2 aliphatic heterocycles. The standard InChI is InChI=1S/C19H25N5O.2ClH/c1-25-18-5-3-2-4-17(18)23-10-12-24(13-11-23)19-15-6-8-20-9-7-16(15)21-14-22-19;;/h2-5,14,20H,6-13H2,1H3;2*1H. The second-order valence-corrected chi connectivity index (χ2v) is 6.52. The van der Waals surface area contributed by atoms with Crippen molar-refractivity contribution in [2.75, 3.05) is 56.2 Å². The monoisotopic (exact) mass is 411 g/mol. The summed E-state index contributed by atoms with van der Waals surface area (Å²) in [6.45, 7) is 5.89. The lowest BCUT2D eigenvalue weighted by molar-refractivity contribution is 0.413. The minimum absolute atomic E-state index is 0. The number of ether oxygens (including phenoxy) is 1. The van der Waals surface area contributed by atoms with Gasteiger partial charge in [0.25, 0.3) is 0 Å². The Morgan fingerprint density at radius 3 is 2.41 bits per heavy atom. The summed E-state index contributed by atoms with van der Waals surface area (Å²) in [6.07, 6.45) is 3.73. The average Bonchev–Trinajstić information content (AvgIpc) is 2.93. The van der Waals surface area contributed by atoms with Crippen LogP contribution in [-0.4, -0.2) is 56.3 Å². The average molecular weight is 412 g/mol. The maximum atomic E-state index is 5.52. The Morgan fingerprint density at radius 2 is 1.63 bits per heavy atom. The fourth-order valence-corrected chi connectivity index (χ4v) is 3.78. The SMILES string of the molecule is COc1ccccc1N1CCN(c2ncnc3c2CCNCC3)CC1.Cl.Cl. The summed E-state index contributed by atoms with van der Waals surface area (Å²) in [5.41, 5.74) is 3.72.